The molecular formula is C34H34O3Si2. The van der Waals surface area contributed by atoms with E-state index in [-0.39, 0.29) is 0 Å². The first kappa shape index (κ1) is 25.6. The Morgan fingerprint density at radius 2 is 0.795 bits per heavy atom. The zero-order valence-electron chi connectivity index (χ0n) is 23.5. The fourth-order valence-electron chi connectivity index (χ4n) is 5.59. The van der Waals surface area contributed by atoms with Crippen LogP contribution in [0.15, 0.2) is 97.1 Å². The fourth-order valence-corrected chi connectivity index (χ4v) is 12.2. The molecule has 0 atom stereocenters. The Morgan fingerprint density at radius 1 is 0.436 bits per heavy atom. The van der Waals surface area contributed by atoms with Crippen molar-refractivity contribution in [2.45, 2.75) is 40.0 Å². The molecule has 0 heterocycles. The van der Waals surface area contributed by atoms with Crippen LogP contribution in [-0.2, 0) is 4.12 Å². The maximum Gasteiger partial charge on any atom is 0.384 e. The molecule has 0 bridgehead atoms. The fraction of sp³-hybridized carbons (Fsp3) is 0.176. The number of benzene rings is 6. The van der Waals surface area contributed by atoms with Crippen molar-refractivity contribution in [3.63, 3.8) is 0 Å². The van der Waals surface area contributed by atoms with E-state index in [0.717, 1.165) is 33.4 Å². The predicted octanol–water partition coefficient (Wildman–Crippen LogP) is 9.79. The Bertz CT molecular complexity index is 1740. The molecule has 0 amide bonds. The van der Waals surface area contributed by atoms with Crippen molar-refractivity contribution < 1.29 is 13.0 Å². The Kier molecular flexibility index (Phi) is 6.26. The third-order valence-corrected chi connectivity index (χ3v) is 12.6. The van der Waals surface area contributed by atoms with Crippen molar-refractivity contribution in [2.24, 2.45) is 0 Å². The summed E-state index contributed by atoms with van der Waals surface area (Å²) in [5.41, 5.74) is 2.22. The normalized spacial score (nSPS) is 12.5. The topological polar surface area (TPSA) is 27.7 Å². The minimum absolute atomic E-state index is 0.910. The minimum atomic E-state index is -2.64. The van der Waals surface area contributed by atoms with Crippen molar-refractivity contribution in [3.8, 4) is 11.5 Å². The minimum Gasteiger partial charge on any atom is -0.520 e. The summed E-state index contributed by atoms with van der Waals surface area (Å²) < 4.78 is 20.5. The molecular weight excluding hydrogens is 513 g/mol. The molecule has 0 spiro atoms. The molecule has 0 saturated carbocycles. The van der Waals surface area contributed by atoms with Crippen LogP contribution in [0.1, 0.15) is 11.1 Å². The number of hydrogen-bond donors (Lipinski definition) is 0. The smallest absolute Gasteiger partial charge is 0.384 e. The van der Waals surface area contributed by atoms with Crippen molar-refractivity contribution in [1.29, 1.82) is 0 Å². The first-order valence-corrected chi connectivity index (χ1v) is 19.1. The van der Waals surface area contributed by atoms with E-state index in [1.807, 2.05) is 0 Å². The highest BCUT2D eigenvalue weighted by atomic mass is 28.5. The van der Waals surface area contributed by atoms with Gasteiger partial charge in [0.05, 0.1) is 0 Å². The molecule has 6 aromatic rings. The van der Waals surface area contributed by atoms with E-state index in [4.69, 9.17) is 13.0 Å². The van der Waals surface area contributed by atoms with E-state index in [1.54, 1.807) is 0 Å². The third kappa shape index (κ3) is 5.05. The molecule has 0 radical (unpaired) electrons. The van der Waals surface area contributed by atoms with Crippen LogP contribution in [0, 0.1) is 13.8 Å². The van der Waals surface area contributed by atoms with E-state index < -0.39 is 17.1 Å². The molecule has 0 aromatic heterocycles. The Morgan fingerprint density at radius 3 is 1.18 bits per heavy atom. The highest BCUT2D eigenvalue weighted by molar-refractivity contribution is 6.79. The summed E-state index contributed by atoms with van der Waals surface area (Å²) in [4.78, 5) is 0. The molecule has 6 rings (SSSR count). The van der Waals surface area contributed by atoms with Gasteiger partial charge in [0, 0.05) is 10.8 Å². The van der Waals surface area contributed by atoms with Crippen LogP contribution in [0.2, 0.25) is 26.2 Å². The lowest BCUT2D eigenvalue weighted by Gasteiger charge is -2.34. The predicted molar refractivity (Wildman–Crippen MR) is 170 cm³/mol. The number of aryl methyl sites for hydroxylation is 2. The van der Waals surface area contributed by atoms with E-state index in [0.29, 0.717) is 0 Å². The van der Waals surface area contributed by atoms with E-state index >= 15 is 0 Å². The average molecular weight is 547 g/mol. The average Bonchev–Trinajstić information content (AvgIpc) is 2.89. The summed E-state index contributed by atoms with van der Waals surface area (Å²) in [6.07, 6.45) is 0. The quantitative estimate of drug-likeness (QED) is 0.154. The standard InChI is InChI=1S/C34H34O3Si2/c1-23-15-17-29-19-25-11-7-9-13-27(25)21-31(29)33(23)35-38(3,4)37-39(5,6)36-34-24(2)16-18-30-20-26-12-8-10-14-28(26)22-32(30)34/h7-22H,1-6H3. The van der Waals surface area contributed by atoms with Gasteiger partial charge < -0.3 is 13.0 Å². The third-order valence-electron chi connectivity index (χ3n) is 7.25. The summed E-state index contributed by atoms with van der Waals surface area (Å²) >= 11 is 0. The van der Waals surface area contributed by atoms with Gasteiger partial charge in [-0.15, -0.1) is 0 Å². The zero-order chi connectivity index (χ0) is 27.4. The highest BCUT2D eigenvalue weighted by Crippen LogP contribution is 2.37. The molecule has 0 aliphatic heterocycles. The second-order valence-electron chi connectivity index (χ2n) is 11.4. The second-order valence-corrected chi connectivity index (χ2v) is 18.2. The molecule has 0 saturated heterocycles. The van der Waals surface area contributed by atoms with Crippen LogP contribution >= 0.6 is 0 Å². The molecule has 0 aliphatic rings. The number of hydrogen-bond acceptors (Lipinski definition) is 3. The number of rotatable bonds is 6. The number of fused-ring (bicyclic) bond motifs is 4. The Balaban J connectivity index is 1.33. The summed E-state index contributed by atoms with van der Waals surface area (Å²) in [5.74, 6) is 1.82. The first-order valence-electron chi connectivity index (χ1n) is 13.5. The molecule has 39 heavy (non-hydrogen) atoms. The largest absolute Gasteiger partial charge is 0.520 e. The monoisotopic (exact) mass is 546 g/mol. The molecule has 3 nitrogen and oxygen atoms in total. The Hall–Kier alpha value is -3.65. The summed E-state index contributed by atoms with van der Waals surface area (Å²) in [6, 6.07) is 34.5. The summed E-state index contributed by atoms with van der Waals surface area (Å²) in [7, 11) is -5.28. The maximum absolute atomic E-state index is 6.85. The molecule has 6 aromatic carbocycles. The maximum atomic E-state index is 6.85. The molecule has 0 aliphatic carbocycles. The van der Waals surface area contributed by atoms with Crippen LogP contribution < -0.4 is 8.85 Å². The van der Waals surface area contributed by atoms with E-state index in [9.17, 15) is 0 Å². The van der Waals surface area contributed by atoms with Gasteiger partial charge in [0.2, 0.25) is 0 Å². The van der Waals surface area contributed by atoms with Crippen molar-refractivity contribution in [3.05, 3.63) is 108 Å². The second kappa shape index (κ2) is 9.52. The van der Waals surface area contributed by atoms with Crippen LogP contribution in [-0.4, -0.2) is 17.1 Å². The van der Waals surface area contributed by atoms with Crippen molar-refractivity contribution in [2.75, 3.05) is 0 Å². The highest BCUT2D eigenvalue weighted by Gasteiger charge is 2.40. The van der Waals surface area contributed by atoms with Gasteiger partial charge in [-0.05, 0) is 108 Å². The molecule has 5 heteroatoms. The van der Waals surface area contributed by atoms with Gasteiger partial charge in [0.15, 0.2) is 0 Å². The SMILES string of the molecule is Cc1ccc2cc3ccccc3cc2c1O[Si](C)(C)O[Si](C)(C)Oc1c(C)ccc2cc3ccccc3cc12. The molecule has 0 fully saturated rings. The van der Waals surface area contributed by atoms with Gasteiger partial charge in [-0.2, -0.15) is 0 Å². The lowest BCUT2D eigenvalue weighted by Crippen LogP contribution is -2.52. The zero-order valence-corrected chi connectivity index (χ0v) is 25.5. The van der Waals surface area contributed by atoms with E-state index in [2.05, 4.69) is 137 Å². The van der Waals surface area contributed by atoms with Gasteiger partial charge in [-0.3, -0.25) is 0 Å². The Labute approximate surface area is 232 Å². The van der Waals surface area contributed by atoms with Crippen LogP contribution in [0.5, 0.6) is 11.5 Å². The van der Waals surface area contributed by atoms with Gasteiger partial charge >= 0.3 is 17.1 Å². The molecule has 0 unspecified atom stereocenters. The van der Waals surface area contributed by atoms with E-state index in [1.165, 1.54) is 32.3 Å². The van der Waals surface area contributed by atoms with Gasteiger partial charge in [0.25, 0.3) is 0 Å². The van der Waals surface area contributed by atoms with Crippen LogP contribution in [0.25, 0.3) is 43.1 Å². The van der Waals surface area contributed by atoms with Gasteiger partial charge in [-0.1, -0.05) is 72.8 Å². The lowest BCUT2D eigenvalue weighted by molar-refractivity contribution is 0.335. The molecule has 0 N–H and O–H groups in total. The van der Waals surface area contributed by atoms with Crippen LogP contribution in [0.3, 0.4) is 0 Å². The van der Waals surface area contributed by atoms with Gasteiger partial charge in [0.1, 0.15) is 11.5 Å². The van der Waals surface area contributed by atoms with Gasteiger partial charge in [-0.25, -0.2) is 0 Å². The lowest BCUT2D eigenvalue weighted by atomic mass is 10.0. The van der Waals surface area contributed by atoms with Crippen molar-refractivity contribution >= 4 is 60.2 Å². The van der Waals surface area contributed by atoms with Crippen molar-refractivity contribution in [1.82, 2.24) is 0 Å². The summed E-state index contributed by atoms with van der Waals surface area (Å²) in [6.45, 7) is 12.7. The molecule has 196 valence electrons. The first-order chi connectivity index (χ1) is 18.6. The van der Waals surface area contributed by atoms with Crippen LogP contribution in [0.4, 0.5) is 0 Å². The summed E-state index contributed by atoms with van der Waals surface area (Å²) in [5, 5.41) is 9.46.